The predicted molar refractivity (Wildman–Crippen MR) is 74.3 cm³/mol. The Morgan fingerprint density at radius 1 is 1.37 bits per heavy atom. The van der Waals surface area contributed by atoms with Gasteiger partial charge in [0.25, 0.3) is 0 Å². The van der Waals surface area contributed by atoms with Crippen LogP contribution in [-0.4, -0.2) is 23.3 Å². The molecule has 0 aliphatic heterocycles. The van der Waals surface area contributed by atoms with E-state index in [1.807, 2.05) is 0 Å². The molecule has 1 aromatic rings. The first kappa shape index (κ1) is 15.6. The van der Waals surface area contributed by atoms with Crippen molar-refractivity contribution in [1.29, 1.82) is 0 Å². The van der Waals surface area contributed by atoms with Crippen LogP contribution in [-0.2, 0) is 9.59 Å². The molecule has 0 amide bonds. The van der Waals surface area contributed by atoms with Crippen LogP contribution in [0, 0.1) is 0 Å². The Labute approximate surface area is 125 Å². The van der Waals surface area contributed by atoms with Crippen LogP contribution in [0.1, 0.15) is 16.8 Å². The summed E-state index contributed by atoms with van der Waals surface area (Å²) < 4.78 is 6.02. The Hall–Kier alpha value is -1.47. The first-order valence-corrected chi connectivity index (χ1v) is 6.49. The minimum atomic E-state index is -1.28. The van der Waals surface area contributed by atoms with Crippen molar-refractivity contribution < 1.29 is 24.2 Å². The summed E-state index contributed by atoms with van der Waals surface area (Å²) in [6.07, 6.45) is 0.0697. The molecule has 7 heteroatoms. The van der Waals surface area contributed by atoms with Crippen LogP contribution >= 0.6 is 31.9 Å². The molecule has 0 atom stereocenters. The van der Waals surface area contributed by atoms with Gasteiger partial charge in [-0.1, -0.05) is 22.5 Å². The number of halogens is 2. The number of hydrogen-bond donors (Lipinski definition) is 1. The zero-order valence-corrected chi connectivity index (χ0v) is 12.7. The minimum absolute atomic E-state index is 0.0430. The second-order valence-electron chi connectivity index (χ2n) is 3.48. The third-order valence-corrected chi connectivity index (χ3v) is 3.09. The molecule has 0 saturated carbocycles. The van der Waals surface area contributed by atoms with Crippen molar-refractivity contribution in [1.82, 2.24) is 0 Å². The molecule has 0 spiro atoms. The number of carbonyl (C=O) groups is 3. The average molecular weight is 392 g/mol. The van der Waals surface area contributed by atoms with Crippen LogP contribution in [0.3, 0.4) is 0 Å². The molecule has 19 heavy (non-hydrogen) atoms. The number of benzene rings is 1. The van der Waals surface area contributed by atoms with Gasteiger partial charge < -0.3 is 9.84 Å². The summed E-state index contributed by atoms with van der Waals surface area (Å²) in [6, 6.07) is 3.08. The van der Waals surface area contributed by atoms with Gasteiger partial charge in [0.2, 0.25) is 0 Å². The first-order chi connectivity index (χ1) is 8.85. The smallest absolute Gasteiger partial charge is 0.331 e. The van der Waals surface area contributed by atoms with E-state index in [4.69, 9.17) is 9.84 Å². The zero-order valence-electron chi connectivity index (χ0n) is 9.48. The fourth-order valence-electron chi connectivity index (χ4n) is 1.18. The molecular weight excluding hydrogens is 384 g/mol. The highest BCUT2D eigenvalue weighted by molar-refractivity contribution is 9.11. The highest BCUT2D eigenvalue weighted by Crippen LogP contribution is 2.32. The van der Waals surface area contributed by atoms with Gasteiger partial charge in [-0.15, -0.1) is 0 Å². The number of carboxylic acid groups (broad SMARTS) is 1. The largest absolute Gasteiger partial charge is 0.478 e. The SMILES string of the molecule is C=C(CC(=O)Oc1c(Br)cc(Br)cc1C=O)C(=O)O. The lowest BCUT2D eigenvalue weighted by atomic mass is 10.2. The fourth-order valence-corrected chi connectivity index (χ4v) is 2.51. The van der Waals surface area contributed by atoms with Gasteiger partial charge in [0.1, 0.15) is 0 Å². The van der Waals surface area contributed by atoms with Crippen LogP contribution < -0.4 is 4.74 Å². The third kappa shape index (κ3) is 4.29. The van der Waals surface area contributed by atoms with Crippen LogP contribution in [0.4, 0.5) is 0 Å². The summed E-state index contributed by atoms with van der Waals surface area (Å²) in [7, 11) is 0. The van der Waals surface area contributed by atoms with Crippen LogP contribution in [0.15, 0.2) is 33.2 Å². The van der Waals surface area contributed by atoms with E-state index in [9.17, 15) is 14.4 Å². The maximum atomic E-state index is 11.5. The molecule has 0 bridgehead atoms. The Morgan fingerprint density at radius 2 is 2.00 bits per heavy atom. The Kier molecular flexibility index (Phi) is 5.44. The predicted octanol–water partition coefficient (Wildman–Crippen LogP) is 2.96. The van der Waals surface area contributed by atoms with Gasteiger partial charge in [-0.05, 0) is 28.1 Å². The lowest BCUT2D eigenvalue weighted by Gasteiger charge is -2.09. The van der Waals surface area contributed by atoms with Crippen molar-refractivity contribution in [3.05, 3.63) is 38.8 Å². The number of ether oxygens (including phenoxy) is 1. The van der Waals surface area contributed by atoms with E-state index < -0.39 is 18.4 Å². The molecule has 1 aromatic carbocycles. The number of aliphatic carboxylic acids is 1. The number of carbonyl (C=O) groups excluding carboxylic acids is 2. The summed E-state index contributed by atoms with van der Waals surface area (Å²) in [4.78, 5) is 33.0. The van der Waals surface area contributed by atoms with Gasteiger partial charge in [-0.2, -0.15) is 0 Å². The topological polar surface area (TPSA) is 80.7 Å². The monoisotopic (exact) mass is 390 g/mol. The molecule has 1 N–H and O–H groups in total. The molecular formula is C12H8Br2O5. The summed E-state index contributed by atoms with van der Waals surface area (Å²) in [5.74, 6) is -2.04. The van der Waals surface area contributed by atoms with E-state index in [1.54, 1.807) is 6.07 Å². The number of carboxylic acids is 1. The Morgan fingerprint density at radius 3 is 2.53 bits per heavy atom. The quantitative estimate of drug-likeness (QED) is 0.361. The van der Waals surface area contributed by atoms with Crippen molar-refractivity contribution >= 4 is 50.1 Å². The lowest BCUT2D eigenvalue weighted by molar-refractivity contribution is -0.138. The van der Waals surface area contributed by atoms with E-state index in [0.717, 1.165) is 0 Å². The molecule has 0 fully saturated rings. The van der Waals surface area contributed by atoms with Crippen molar-refractivity contribution in [3.63, 3.8) is 0 Å². The zero-order chi connectivity index (χ0) is 14.6. The molecule has 0 aliphatic carbocycles. The van der Waals surface area contributed by atoms with Gasteiger partial charge in [0, 0.05) is 10.0 Å². The number of rotatable bonds is 5. The normalized spacial score (nSPS) is 9.79. The molecule has 0 heterocycles. The van der Waals surface area contributed by atoms with E-state index in [0.29, 0.717) is 15.2 Å². The number of esters is 1. The summed E-state index contributed by atoms with van der Waals surface area (Å²) in [5, 5.41) is 8.61. The first-order valence-electron chi connectivity index (χ1n) is 4.91. The molecule has 0 aliphatic rings. The molecule has 0 saturated heterocycles. The van der Waals surface area contributed by atoms with Gasteiger partial charge in [-0.25, -0.2) is 4.79 Å². The minimum Gasteiger partial charge on any atom is -0.478 e. The van der Waals surface area contributed by atoms with Crippen LogP contribution in [0.25, 0.3) is 0 Å². The van der Waals surface area contributed by atoms with E-state index in [1.165, 1.54) is 6.07 Å². The summed E-state index contributed by atoms with van der Waals surface area (Å²) in [5.41, 5.74) is -0.124. The third-order valence-electron chi connectivity index (χ3n) is 2.04. The Bertz CT molecular complexity index is 565. The lowest BCUT2D eigenvalue weighted by Crippen LogP contribution is -2.13. The second-order valence-corrected chi connectivity index (χ2v) is 5.25. The molecule has 0 radical (unpaired) electrons. The highest BCUT2D eigenvalue weighted by atomic mass is 79.9. The van der Waals surface area contributed by atoms with Crippen molar-refractivity contribution in [2.24, 2.45) is 0 Å². The molecule has 5 nitrogen and oxygen atoms in total. The van der Waals surface area contributed by atoms with Crippen molar-refractivity contribution in [3.8, 4) is 5.75 Å². The second kappa shape index (κ2) is 6.63. The summed E-state index contributed by atoms with van der Waals surface area (Å²) >= 11 is 6.35. The Balaban J connectivity index is 2.94. The van der Waals surface area contributed by atoms with Crippen molar-refractivity contribution in [2.45, 2.75) is 6.42 Å². The molecule has 1 rings (SSSR count). The molecule has 0 aromatic heterocycles. The molecule has 100 valence electrons. The average Bonchev–Trinajstić information content (AvgIpc) is 2.31. The van der Waals surface area contributed by atoms with E-state index >= 15 is 0 Å². The maximum Gasteiger partial charge on any atom is 0.331 e. The van der Waals surface area contributed by atoms with Gasteiger partial charge >= 0.3 is 11.9 Å². The number of aldehydes is 1. The molecule has 0 unspecified atom stereocenters. The maximum absolute atomic E-state index is 11.5. The van der Waals surface area contributed by atoms with Crippen molar-refractivity contribution in [2.75, 3.05) is 0 Å². The van der Waals surface area contributed by atoms with Crippen LogP contribution in [0.2, 0.25) is 0 Å². The number of hydrogen-bond acceptors (Lipinski definition) is 4. The van der Waals surface area contributed by atoms with Gasteiger partial charge in [0.05, 0.1) is 16.5 Å². The van der Waals surface area contributed by atoms with Crippen LogP contribution in [0.5, 0.6) is 5.75 Å². The van der Waals surface area contributed by atoms with E-state index in [-0.39, 0.29) is 16.9 Å². The fraction of sp³-hybridized carbons (Fsp3) is 0.0833. The van der Waals surface area contributed by atoms with E-state index in [2.05, 4.69) is 38.4 Å². The van der Waals surface area contributed by atoms with Gasteiger partial charge in [-0.3, -0.25) is 9.59 Å². The van der Waals surface area contributed by atoms with Gasteiger partial charge in [0.15, 0.2) is 12.0 Å². The standard InChI is InChI=1S/C12H8Br2O5/c1-6(12(17)18)2-10(16)19-11-7(5-15)3-8(13)4-9(11)14/h3-5H,1-2H2,(H,17,18). The highest BCUT2D eigenvalue weighted by Gasteiger charge is 2.16. The summed E-state index contributed by atoms with van der Waals surface area (Å²) in [6.45, 7) is 3.23.